The van der Waals surface area contributed by atoms with Crippen molar-refractivity contribution in [2.24, 2.45) is 0 Å². The second-order valence-corrected chi connectivity index (χ2v) is 5.74. The van der Waals surface area contributed by atoms with Crippen LogP contribution < -0.4 is 16.2 Å². The molecule has 3 rings (SSSR count). The van der Waals surface area contributed by atoms with Crippen LogP contribution in [-0.2, 0) is 0 Å². The second kappa shape index (κ2) is 8.15. The number of carbonyl (C=O) groups is 3. The predicted octanol–water partition coefficient (Wildman–Crippen LogP) is 2.39. The van der Waals surface area contributed by atoms with E-state index in [1.807, 2.05) is 6.07 Å². The van der Waals surface area contributed by atoms with Crippen LogP contribution in [0.3, 0.4) is 0 Å². The number of H-pyrrole nitrogens is 1. The van der Waals surface area contributed by atoms with Crippen LogP contribution in [0.2, 0.25) is 5.02 Å². The zero-order valence-electron chi connectivity index (χ0n) is 13.8. The molecule has 136 valence electrons. The number of hydrogen-bond acceptors (Lipinski definition) is 4. The number of hydrogen-bond donors (Lipinski definition) is 4. The third-order valence-electron chi connectivity index (χ3n) is 3.52. The maximum Gasteiger partial charge on any atom is 0.290 e. The van der Waals surface area contributed by atoms with Gasteiger partial charge in [0.2, 0.25) is 0 Å². The Balaban J connectivity index is 1.66. The van der Waals surface area contributed by atoms with Gasteiger partial charge in [-0.05, 0) is 24.3 Å². The summed E-state index contributed by atoms with van der Waals surface area (Å²) in [5.74, 6) is -1.89. The smallest absolute Gasteiger partial charge is 0.290 e. The molecule has 0 aliphatic rings. The minimum Gasteiger partial charge on any atom is -0.340 e. The van der Waals surface area contributed by atoms with E-state index in [9.17, 15) is 14.4 Å². The molecule has 1 aromatic heterocycles. The quantitative estimate of drug-likeness (QED) is 0.517. The minimum atomic E-state index is -0.755. The van der Waals surface area contributed by atoms with Crippen LogP contribution in [0, 0.1) is 0 Å². The van der Waals surface area contributed by atoms with E-state index in [4.69, 9.17) is 11.6 Å². The molecule has 27 heavy (non-hydrogen) atoms. The lowest BCUT2D eigenvalue weighted by molar-refractivity contribution is 0.0842. The summed E-state index contributed by atoms with van der Waals surface area (Å²) in [7, 11) is 0. The SMILES string of the molecule is O=C(NNC(=O)c1nc[nH]c1C(=O)Nc1ccccc1)c1ccccc1Cl. The molecule has 0 fully saturated rings. The van der Waals surface area contributed by atoms with Crippen molar-refractivity contribution in [1.82, 2.24) is 20.8 Å². The average Bonchev–Trinajstić information content (AvgIpc) is 3.17. The zero-order chi connectivity index (χ0) is 19.2. The van der Waals surface area contributed by atoms with Gasteiger partial charge in [-0.3, -0.25) is 25.2 Å². The second-order valence-electron chi connectivity index (χ2n) is 5.33. The fourth-order valence-electron chi connectivity index (χ4n) is 2.24. The summed E-state index contributed by atoms with van der Waals surface area (Å²) in [6, 6.07) is 15.1. The number of carbonyl (C=O) groups excluding carboxylic acids is 3. The number of halogens is 1. The molecule has 3 aromatic rings. The largest absolute Gasteiger partial charge is 0.340 e. The summed E-state index contributed by atoms with van der Waals surface area (Å²) in [5.41, 5.74) is 5.01. The lowest BCUT2D eigenvalue weighted by Crippen LogP contribution is -2.42. The molecule has 2 aromatic carbocycles. The summed E-state index contributed by atoms with van der Waals surface area (Å²) in [6.07, 6.45) is 1.21. The van der Waals surface area contributed by atoms with Crippen molar-refractivity contribution < 1.29 is 14.4 Å². The van der Waals surface area contributed by atoms with Gasteiger partial charge in [0.25, 0.3) is 17.7 Å². The van der Waals surface area contributed by atoms with Crippen molar-refractivity contribution in [3.05, 3.63) is 82.9 Å². The Kier molecular flexibility index (Phi) is 5.48. The van der Waals surface area contributed by atoms with Gasteiger partial charge in [-0.1, -0.05) is 41.9 Å². The maximum absolute atomic E-state index is 12.3. The molecule has 3 amide bonds. The Morgan fingerprint density at radius 1 is 0.852 bits per heavy atom. The van der Waals surface area contributed by atoms with Crippen LogP contribution in [0.4, 0.5) is 5.69 Å². The number of benzene rings is 2. The first-order valence-corrected chi connectivity index (χ1v) is 8.19. The summed E-state index contributed by atoms with van der Waals surface area (Å²) >= 11 is 5.93. The Hall–Kier alpha value is -3.65. The lowest BCUT2D eigenvalue weighted by Gasteiger charge is -2.08. The lowest BCUT2D eigenvalue weighted by atomic mass is 10.2. The molecular weight excluding hydrogens is 370 g/mol. The number of nitrogens with one attached hydrogen (secondary N) is 4. The van der Waals surface area contributed by atoms with E-state index >= 15 is 0 Å². The van der Waals surface area contributed by atoms with Gasteiger partial charge in [-0.25, -0.2) is 4.98 Å². The first-order chi connectivity index (χ1) is 13.1. The number of hydrazine groups is 1. The summed E-state index contributed by atoms with van der Waals surface area (Å²) < 4.78 is 0. The molecule has 4 N–H and O–H groups in total. The minimum absolute atomic E-state index is 0.0386. The molecule has 0 aliphatic heterocycles. The first-order valence-electron chi connectivity index (χ1n) is 7.81. The van der Waals surface area contributed by atoms with Crippen molar-refractivity contribution in [3.8, 4) is 0 Å². The van der Waals surface area contributed by atoms with Crippen molar-refractivity contribution in [3.63, 3.8) is 0 Å². The molecule has 0 atom stereocenters. The van der Waals surface area contributed by atoms with Crippen LogP contribution in [0.5, 0.6) is 0 Å². The van der Waals surface area contributed by atoms with Gasteiger partial charge in [-0.15, -0.1) is 0 Å². The summed E-state index contributed by atoms with van der Waals surface area (Å²) in [4.78, 5) is 43.2. The number of nitrogens with zero attached hydrogens (tertiary/aromatic N) is 1. The van der Waals surface area contributed by atoms with Crippen molar-refractivity contribution in [1.29, 1.82) is 0 Å². The molecule has 0 saturated heterocycles. The molecule has 0 unspecified atom stereocenters. The number of imidazole rings is 1. The van der Waals surface area contributed by atoms with Gasteiger partial charge >= 0.3 is 0 Å². The zero-order valence-corrected chi connectivity index (χ0v) is 14.6. The number of anilines is 1. The van der Waals surface area contributed by atoms with Crippen LogP contribution in [0.25, 0.3) is 0 Å². The fraction of sp³-hybridized carbons (Fsp3) is 0. The Labute approximate surface area is 158 Å². The maximum atomic E-state index is 12.3. The standard InChI is InChI=1S/C18H14ClN5O3/c19-13-9-5-4-8-12(13)16(25)23-24-18(27)15-14(20-10-21-15)17(26)22-11-6-2-1-3-7-11/h1-10H,(H,20,21)(H,22,26)(H,23,25)(H,24,27). The van der Waals surface area contributed by atoms with Gasteiger partial charge in [-0.2, -0.15) is 0 Å². The fourth-order valence-corrected chi connectivity index (χ4v) is 2.46. The van der Waals surface area contributed by atoms with Crippen LogP contribution in [-0.4, -0.2) is 27.7 Å². The molecule has 0 aliphatic carbocycles. The monoisotopic (exact) mass is 383 g/mol. The van der Waals surface area contributed by atoms with E-state index in [0.29, 0.717) is 5.69 Å². The summed E-state index contributed by atoms with van der Waals surface area (Å²) in [5, 5.41) is 2.89. The molecule has 9 heteroatoms. The van der Waals surface area contributed by atoms with E-state index in [-0.39, 0.29) is 22.0 Å². The van der Waals surface area contributed by atoms with Crippen LogP contribution in [0.15, 0.2) is 60.9 Å². The van der Waals surface area contributed by atoms with Gasteiger partial charge in [0, 0.05) is 5.69 Å². The molecule has 0 saturated carbocycles. The molecular formula is C18H14ClN5O3. The van der Waals surface area contributed by atoms with Gasteiger partial charge < -0.3 is 10.3 Å². The van der Waals surface area contributed by atoms with Crippen molar-refractivity contribution in [2.75, 3.05) is 5.32 Å². The highest BCUT2D eigenvalue weighted by Crippen LogP contribution is 2.14. The van der Waals surface area contributed by atoms with Crippen molar-refractivity contribution >= 4 is 35.0 Å². The highest BCUT2D eigenvalue weighted by molar-refractivity contribution is 6.33. The van der Waals surface area contributed by atoms with Gasteiger partial charge in [0.15, 0.2) is 5.69 Å². The van der Waals surface area contributed by atoms with E-state index in [2.05, 4.69) is 26.1 Å². The Morgan fingerprint density at radius 2 is 1.52 bits per heavy atom. The average molecular weight is 384 g/mol. The summed E-state index contributed by atoms with van der Waals surface area (Å²) in [6.45, 7) is 0. The highest BCUT2D eigenvalue weighted by atomic mass is 35.5. The van der Waals surface area contributed by atoms with Gasteiger partial charge in [0.1, 0.15) is 5.69 Å². The molecule has 1 heterocycles. The Morgan fingerprint density at radius 3 is 2.26 bits per heavy atom. The normalized spacial score (nSPS) is 10.1. The van der Waals surface area contributed by atoms with Crippen LogP contribution in [0.1, 0.15) is 31.3 Å². The van der Waals surface area contributed by atoms with Crippen molar-refractivity contribution in [2.45, 2.75) is 0 Å². The Bertz CT molecular complexity index is 987. The van der Waals surface area contributed by atoms with E-state index in [1.165, 1.54) is 12.4 Å². The molecule has 8 nitrogen and oxygen atoms in total. The predicted molar refractivity (Wildman–Crippen MR) is 99.4 cm³/mol. The number of aromatic nitrogens is 2. The van der Waals surface area contributed by atoms with E-state index in [0.717, 1.165) is 0 Å². The molecule has 0 bridgehead atoms. The molecule has 0 radical (unpaired) electrons. The number of aromatic amines is 1. The van der Waals surface area contributed by atoms with Crippen LogP contribution >= 0.6 is 11.6 Å². The number of amides is 3. The number of rotatable bonds is 4. The first kappa shape index (κ1) is 18.2. The van der Waals surface area contributed by atoms with E-state index in [1.54, 1.807) is 42.5 Å². The third kappa shape index (κ3) is 4.31. The topological polar surface area (TPSA) is 116 Å². The van der Waals surface area contributed by atoms with E-state index < -0.39 is 17.7 Å². The third-order valence-corrected chi connectivity index (χ3v) is 3.85. The van der Waals surface area contributed by atoms with Gasteiger partial charge in [0.05, 0.1) is 16.9 Å². The highest BCUT2D eigenvalue weighted by Gasteiger charge is 2.21. The number of para-hydroxylation sites is 1. The molecule has 0 spiro atoms.